The molecule has 0 radical (unpaired) electrons. The van der Waals surface area contributed by atoms with E-state index < -0.39 is 10.4 Å². The van der Waals surface area contributed by atoms with Crippen LogP contribution in [-0.2, 0) is 42.8 Å². The zero-order chi connectivity index (χ0) is 34.5. The molecule has 0 bridgehead atoms. The van der Waals surface area contributed by atoms with Crippen LogP contribution in [0, 0.1) is 0 Å². The Morgan fingerprint density at radius 1 is 0.735 bits per heavy atom. The average Bonchev–Trinajstić information content (AvgIpc) is 3.54. The van der Waals surface area contributed by atoms with Crippen LogP contribution in [0.2, 0.25) is 0 Å². The fraction of sp³-hybridized carbons (Fsp3) is 0.419. The molecule has 2 heterocycles. The van der Waals surface area contributed by atoms with E-state index in [0.29, 0.717) is 0 Å². The summed E-state index contributed by atoms with van der Waals surface area (Å²) in [6, 6.07) is 16.2. The van der Waals surface area contributed by atoms with Crippen LogP contribution in [0.25, 0.3) is 0 Å². The van der Waals surface area contributed by atoms with Crippen LogP contribution in [0.4, 0.5) is 34.6 Å². The highest BCUT2D eigenvalue weighted by atomic mass is 35.5. The highest BCUT2D eigenvalue weighted by molar-refractivity contribution is 7.80. The molecule has 0 saturated carbocycles. The second-order valence-corrected chi connectivity index (χ2v) is 12.8. The third-order valence-electron chi connectivity index (χ3n) is 7.28. The number of rotatable bonds is 15. The van der Waals surface area contributed by atoms with E-state index in [1.807, 2.05) is 95.5 Å². The lowest BCUT2D eigenvalue weighted by Crippen LogP contribution is -3.00. The molecule has 0 unspecified atom stereocenters. The van der Waals surface area contributed by atoms with Crippen molar-refractivity contribution in [3.63, 3.8) is 0 Å². The van der Waals surface area contributed by atoms with Gasteiger partial charge in [-0.2, -0.15) is 0 Å². The van der Waals surface area contributed by atoms with Crippen molar-refractivity contribution < 1.29 is 55.6 Å². The minimum Gasteiger partial charge on any atom is -1.00 e. The monoisotopic (exact) mass is 739 g/mol. The molecular formula is C31H47Cl2N11O4S. The zero-order valence-corrected chi connectivity index (χ0v) is 31.3. The fourth-order valence-corrected chi connectivity index (χ4v) is 4.53. The van der Waals surface area contributed by atoms with Crippen molar-refractivity contribution in [1.29, 1.82) is 0 Å². The van der Waals surface area contributed by atoms with E-state index >= 15 is 0 Å². The van der Waals surface area contributed by atoms with Crippen molar-refractivity contribution in [2.24, 2.45) is 48.6 Å². The van der Waals surface area contributed by atoms with Crippen LogP contribution in [0.5, 0.6) is 0 Å². The topological polar surface area (TPSA) is 158 Å². The number of hydrogen-bond donors (Lipinski definition) is 2. The van der Waals surface area contributed by atoms with Gasteiger partial charge in [0.2, 0.25) is 10.4 Å². The predicted octanol–water partition coefficient (Wildman–Crippen LogP) is -1.67. The van der Waals surface area contributed by atoms with E-state index in [1.165, 1.54) is 0 Å². The van der Waals surface area contributed by atoms with Gasteiger partial charge in [0, 0.05) is 47.5 Å². The van der Waals surface area contributed by atoms with E-state index in [9.17, 15) is 13.0 Å². The Morgan fingerprint density at radius 3 is 1.37 bits per heavy atom. The lowest BCUT2D eigenvalue weighted by atomic mass is 10.2. The Morgan fingerprint density at radius 2 is 1.08 bits per heavy atom. The third-order valence-corrected chi connectivity index (χ3v) is 7.69. The van der Waals surface area contributed by atoms with E-state index in [-0.39, 0.29) is 24.8 Å². The van der Waals surface area contributed by atoms with Gasteiger partial charge in [0.05, 0.1) is 87.3 Å². The van der Waals surface area contributed by atoms with Gasteiger partial charge in [0.1, 0.15) is 11.4 Å². The van der Waals surface area contributed by atoms with E-state index in [4.69, 9.17) is 0 Å². The van der Waals surface area contributed by atoms with Crippen molar-refractivity contribution in [3.8, 4) is 0 Å². The second-order valence-electron chi connectivity index (χ2n) is 11.7. The summed E-state index contributed by atoms with van der Waals surface area (Å²) in [6.45, 7) is 4.11. The summed E-state index contributed by atoms with van der Waals surface area (Å²) in [5.74, 6) is 1.60. The molecule has 15 nitrogen and oxygen atoms in total. The van der Waals surface area contributed by atoms with Crippen LogP contribution < -0.4 is 44.6 Å². The van der Waals surface area contributed by atoms with Crippen LogP contribution in [-0.4, -0.2) is 74.0 Å². The molecule has 0 aliphatic rings. The van der Waals surface area contributed by atoms with E-state index in [2.05, 4.69) is 73.6 Å². The maximum Gasteiger partial charge on any atom is 0.421 e. The minimum atomic E-state index is -4.41. The van der Waals surface area contributed by atoms with Gasteiger partial charge in [-0.05, 0) is 48.5 Å². The molecule has 0 aliphatic carbocycles. The molecule has 4 aromatic rings. The maximum atomic E-state index is 9.22. The van der Waals surface area contributed by atoms with Crippen LogP contribution >= 0.6 is 0 Å². The van der Waals surface area contributed by atoms with Crippen molar-refractivity contribution in [1.82, 2.24) is 9.13 Å². The first-order valence-electron chi connectivity index (χ1n) is 15.1. The van der Waals surface area contributed by atoms with Gasteiger partial charge in [0.15, 0.2) is 0 Å². The smallest absolute Gasteiger partial charge is 0.421 e. The number of aromatic nitrogens is 4. The van der Waals surface area contributed by atoms with Crippen LogP contribution in [0.15, 0.2) is 93.8 Å². The molecule has 0 amide bonds. The molecule has 2 N–H and O–H groups in total. The lowest BCUT2D eigenvalue weighted by molar-refractivity contribution is -0.890. The Balaban J connectivity index is 0.00000138. The van der Waals surface area contributed by atoms with Gasteiger partial charge in [-0.3, -0.25) is 4.18 Å². The first kappa shape index (κ1) is 43.1. The van der Waals surface area contributed by atoms with Gasteiger partial charge in [0.25, 0.3) is 0 Å². The summed E-state index contributed by atoms with van der Waals surface area (Å²) in [5, 5.41) is 24.5. The molecule has 2 aromatic carbocycles. The number of halogens is 2. The summed E-state index contributed by atoms with van der Waals surface area (Å²) in [7, 11) is 8.84. The largest absolute Gasteiger partial charge is 1.00 e. The summed E-state index contributed by atoms with van der Waals surface area (Å²) < 4.78 is 39.8. The van der Waals surface area contributed by atoms with Crippen LogP contribution in [0.3, 0.4) is 0 Å². The number of benzene rings is 2. The van der Waals surface area contributed by atoms with E-state index in [1.54, 1.807) is 0 Å². The molecule has 0 atom stereocenters. The number of nitrogens with one attached hydrogen (secondary N) is 2. The van der Waals surface area contributed by atoms with Crippen molar-refractivity contribution >= 4 is 45.0 Å². The van der Waals surface area contributed by atoms with Gasteiger partial charge in [-0.1, -0.05) is 10.2 Å². The number of nitrogens with zero attached hydrogens (tertiary/aromatic N) is 9. The summed E-state index contributed by atoms with van der Waals surface area (Å²) in [6.07, 6.45) is 10.0. The molecule has 49 heavy (non-hydrogen) atoms. The normalized spacial score (nSPS) is 11.5. The Hall–Kier alpha value is -3.93. The van der Waals surface area contributed by atoms with Crippen LogP contribution in [0.1, 0.15) is 12.8 Å². The molecule has 0 saturated heterocycles. The first-order chi connectivity index (χ1) is 22.3. The molecule has 4 rings (SSSR count). The summed E-state index contributed by atoms with van der Waals surface area (Å²) >= 11 is 0. The molecule has 2 aromatic heterocycles. The van der Waals surface area contributed by atoms with Crippen molar-refractivity contribution in [3.05, 3.63) is 73.3 Å². The molecule has 0 aliphatic heterocycles. The Labute approximate surface area is 301 Å². The first-order valence-corrected chi connectivity index (χ1v) is 16.5. The third kappa shape index (κ3) is 15.4. The summed E-state index contributed by atoms with van der Waals surface area (Å²) in [4.78, 5) is 0. The lowest BCUT2D eigenvalue weighted by Gasteiger charge is -2.30. The maximum absolute atomic E-state index is 9.22. The van der Waals surface area contributed by atoms with Crippen molar-refractivity contribution in [2.45, 2.75) is 12.8 Å². The number of aryl methyl sites for hydroxylation is 4. The summed E-state index contributed by atoms with van der Waals surface area (Å²) in [5.41, 5.74) is 3.87. The molecule has 270 valence electrons. The number of anilines is 2. The Kier molecular flexibility index (Phi) is 18.1. The van der Waals surface area contributed by atoms with Gasteiger partial charge >= 0.3 is 11.9 Å². The molecular weight excluding hydrogens is 693 g/mol. The van der Waals surface area contributed by atoms with Crippen molar-refractivity contribution in [2.75, 3.05) is 58.0 Å². The number of hydrogen-bond acceptors (Lipinski definition) is 10. The number of azo groups is 2. The highest BCUT2D eigenvalue weighted by Crippen LogP contribution is 2.20. The highest BCUT2D eigenvalue weighted by Gasteiger charge is 2.14. The SMILES string of the molecule is COS(=O)(=O)[O-].Cn1cc[n+](C)c1N=Nc1ccc(NCCC[N+](C)(C)CCCNc2ccc(N=Nc3n(C)cc[n+]3C)cc2)cc1.[Cl-].[Cl-]. The van der Waals surface area contributed by atoms with Gasteiger partial charge < -0.3 is 44.5 Å². The molecule has 0 fully saturated rings. The number of imidazole rings is 2. The minimum absolute atomic E-state index is 0. The zero-order valence-electron chi connectivity index (χ0n) is 29.0. The average molecular weight is 741 g/mol. The standard InChI is InChI=1S/C30H42N11.CH4O4S.2ClH/c1-37-19-20-38(2)29(37)35-33-27-13-9-25(10-14-27)31-17-7-23-41(5,6)24-8-18-32-26-11-15-28(16-12-26)34-36-30-39(3)21-22-40(30)4;1-5-6(2,3)4;;/h9-16,19-22H,7-8,17-18,23-24H2,1-6H3;1H3,(H,2,3,4);2*1H/q+1;;;/p-1. The second kappa shape index (κ2) is 20.6. The predicted molar refractivity (Wildman–Crippen MR) is 179 cm³/mol. The molecule has 18 heteroatoms. The number of quaternary nitrogens is 1. The quantitative estimate of drug-likeness (QED) is 0.0371. The fourth-order valence-electron chi connectivity index (χ4n) is 4.53. The Bertz CT molecular complexity index is 1580. The van der Waals surface area contributed by atoms with E-state index in [0.717, 1.165) is 85.3 Å². The van der Waals surface area contributed by atoms with Gasteiger partial charge in [-0.25, -0.2) is 26.7 Å². The molecule has 0 spiro atoms. The van der Waals surface area contributed by atoms with Gasteiger partial charge in [-0.15, -0.1) is 0 Å².